The summed E-state index contributed by atoms with van der Waals surface area (Å²) in [5, 5.41) is 0. The Labute approximate surface area is 152 Å². The minimum Gasteiger partial charge on any atom is -0.497 e. The number of carbonyl (C=O) groups is 3. The molecule has 136 valence electrons. The van der Waals surface area contributed by atoms with Crippen LogP contribution >= 0.6 is 0 Å². The number of fused-ring (bicyclic) bond motifs is 2. The smallest absolute Gasteiger partial charge is 0.421 e. The summed E-state index contributed by atoms with van der Waals surface area (Å²) in [5.74, 6) is -0.0154. The number of allylic oxidation sites excluding steroid dienone is 4. The number of amides is 2. The van der Waals surface area contributed by atoms with Crippen LogP contribution in [0.1, 0.15) is 32.8 Å². The van der Waals surface area contributed by atoms with E-state index in [0.717, 1.165) is 10.5 Å². The molecule has 26 heavy (non-hydrogen) atoms. The average molecular weight is 355 g/mol. The minimum atomic E-state index is -0.759. The lowest BCUT2D eigenvalue weighted by Crippen LogP contribution is -2.48. The molecule has 0 aromatic heterocycles. The molecule has 1 aromatic carbocycles. The van der Waals surface area contributed by atoms with E-state index in [2.05, 4.69) is 0 Å². The number of anilines is 1. The summed E-state index contributed by atoms with van der Waals surface area (Å²) in [4.78, 5) is 38.1. The third-order valence-corrected chi connectivity index (χ3v) is 4.31. The molecular formula is C20H21NO5. The van der Waals surface area contributed by atoms with Gasteiger partial charge in [-0.3, -0.25) is 9.59 Å². The molecule has 1 aliphatic heterocycles. The molecule has 0 atom stereocenters. The van der Waals surface area contributed by atoms with Gasteiger partial charge in [-0.15, -0.1) is 0 Å². The molecule has 2 aliphatic rings. The fourth-order valence-electron chi connectivity index (χ4n) is 3.15. The highest BCUT2D eigenvalue weighted by molar-refractivity contribution is 6.15. The van der Waals surface area contributed by atoms with Crippen molar-refractivity contribution >= 4 is 23.5 Å². The van der Waals surface area contributed by atoms with E-state index < -0.39 is 23.0 Å². The average Bonchev–Trinajstić information content (AvgIpc) is 2.55. The van der Waals surface area contributed by atoms with Crippen molar-refractivity contribution in [3.63, 3.8) is 0 Å². The van der Waals surface area contributed by atoms with Gasteiger partial charge >= 0.3 is 6.09 Å². The number of nitrogens with zero attached hydrogens (tertiary/aromatic N) is 1. The second-order valence-corrected chi connectivity index (χ2v) is 7.38. The molecule has 0 N–H and O–H groups in total. The van der Waals surface area contributed by atoms with Crippen LogP contribution in [0.15, 0.2) is 42.5 Å². The van der Waals surface area contributed by atoms with Gasteiger partial charge in [0.2, 0.25) is 5.91 Å². The molecular weight excluding hydrogens is 334 g/mol. The summed E-state index contributed by atoms with van der Waals surface area (Å²) < 4.78 is 10.7. The highest BCUT2D eigenvalue weighted by atomic mass is 16.6. The number of methoxy groups -OCH3 is 1. The van der Waals surface area contributed by atoms with Crippen LogP contribution in [0.2, 0.25) is 0 Å². The van der Waals surface area contributed by atoms with Gasteiger partial charge in [-0.05, 0) is 44.6 Å². The van der Waals surface area contributed by atoms with Crippen LogP contribution in [0.25, 0.3) is 0 Å². The van der Waals surface area contributed by atoms with Gasteiger partial charge in [-0.1, -0.05) is 18.2 Å². The standard InChI is InChI=1S/C20H21NO5/c1-19(2,3)26-18(24)21-16-11-14(25-4)5-6-15(16)20(12-17(21)23)9-7-13(22)8-10-20/h5-11H,12H2,1-4H3. The van der Waals surface area contributed by atoms with Crippen molar-refractivity contribution in [3.05, 3.63) is 48.1 Å². The third-order valence-electron chi connectivity index (χ3n) is 4.31. The fraction of sp³-hybridized carbons (Fsp3) is 0.350. The first-order valence-electron chi connectivity index (χ1n) is 8.32. The van der Waals surface area contributed by atoms with Crippen LogP contribution in [0.4, 0.5) is 10.5 Å². The van der Waals surface area contributed by atoms with Gasteiger partial charge in [0.25, 0.3) is 0 Å². The topological polar surface area (TPSA) is 72.9 Å². The summed E-state index contributed by atoms with van der Waals surface area (Å²) in [6.45, 7) is 5.22. The summed E-state index contributed by atoms with van der Waals surface area (Å²) in [5.41, 5.74) is -0.351. The predicted octanol–water partition coefficient (Wildman–Crippen LogP) is 3.30. The highest BCUT2D eigenvalue weighted by Gasteiger charge is 2.44. The summed E-state index contributed by atoms with van der Waals surface area (Å²) in [6.07, 6.45) is 5.63. The number of imide groups is 1. The van der Waals surface area contributed by atoms with E-state index in [1.54, 1.807) is 45.1 Å². The molecule has 1 aliphatic carbocycles. The molecule has 2 amide bonds. The first-order chi connectivity index (χ1) is 12.1. The molecule has 1 spiro atoms. The van der Waals surface area contributed by atoms with Gasteiger partial charge in [0.05, 0.1) is 12.8 Å². The quantitative estimate of drug-likeness (QED) is 0.773. The molecule has 0 unspecified atom stereocenters. The molecule has 0 bridgehead atoms. The SMILES string of the molecule is COc1ccc2c(c1)N(C(=O)OC(C)(C)C)C(=O)CC21C=CC(=O)C=C1. The van der Waals surface area contributed by atoms with Crippen LogP contribution in [-0.4, -0.2) is 30.5 Å². The maximum Gasteiger partial charge on any atom is 0.421 e. The van der Waals surface area contributed by atoms with Gasteiger partial charge in [0, 0.05) is 17.9 Å². The molecule has 0 fully saturated rings. The molecule has 3 rings (SSSR count). The van der Waals surface area contributed by atoms with Crippen molar-refractivity contribution in [1.29, 1.82) is 0 Å². The maximum absolute atomic E-state index is 12.9. The Morgan fingerprint density at radius 3 is 2.38 bits per heavy atom. The first kappa shape index (κ1) is 17.9. The molecule has 1 aromatic rings. The molecule has 1 heterocycles. The Morgan fingerprint density at radius 2 is 1.81 bits per heavy atom. The van der Waals surface area contributed by atoms with Crippen molar-refractivity contribution in [2.45, 2.75) is 38.2 Å². The number of hydrogen-bond acceptors (Lipinski definition) is 5. The lowest BCUT2D eigenvalue weighted by atomic mass is 9.71. The molecule has 6 heteroatoms. The zero-order chi connectivity index (χ0) is 19.1. The van der Waals surface area contributed by atoms with Gasteiger partial charge < -0.3 is 9.47 Å². The van der Waals surface area contributed by atoms with E-state index >= 15 is 0 Å². The van der Waals surface area contributed by atoms with Crippen molar-refractivity contribution in [3.8, 4) is 5.75 Å². The van der Waals surface area contributed by atoms with Crippen LogP contribution in [-0.2, 0) is 19.7 Å². The number of carbonyl (C=O) groups excluding carboxylic acids is 3. The van der Waals surface area contributed by atoms with E-state index in [1.165, 1.54) is 19.3 Å². The lowest BCUT2D eigenvalue weighted by Gasteiger charge is -2.39. The lowest BCUT2D eigenvalue weighted by molar-refractivity contribution is -0.119. The van der Waals surface area contributed by atoms with Crippen LogP contribution in [0.3, 0.4) is 0 Å². The Hall–Kier alpha value is -2.89. The van der Waals surface area contributed by atoms with Crippen LogP contribution < -0.4 is 9.64 Å². The van der Waals surface area contributed by atoms with Crippen LogP contribution in [0, 0.1) is 0 Å². The second-order valence-electron chi connectivity index (χ2n) is 7.38. The van der Waals surface area contributed by atoms with E-state index in [1.807, 2.05) is 6.07 Å². The van der Waals surface area contributed by atoms with Gasteiger partial charge in [0.1, 0.15) is 11.4 Å². The van der Waals surface area contributed by atoms with E-state index in [0.29, 0.717) is 11.4 Å². The minimum absolute atomic E-state index is 0.0336. The van der Waals surface area contributed by atoms with Crippen LogP contribution in [0.5, 0.6) is 5.75 Å². The Kier molecular flexibility index (Phi) is 4.22. The summed E-state index contributed by atoms with van der Waals surface area (Å²) in [7, 11) is 1.51. The van der Waals surface area contributed by atoms with Gasteiger partial charge in [-0.25, -0.2) is 9.69 Å². The fourth-order valence-corrected chi connectivity index (χ4v) is 3.15. The number of benzene rings is 1. The summed E-state index contributed by atoms with van der Waals surface area (Å²) >= 11 is 0. The second kappa shape index (κ2) is 6.12. The van der Waals surface area contributed by atoms with E-state index in [-0.39, 0.29) is 12.2 Å². The summed E-state index contributed by atoms with van der Waals surface area (Å²) in [6, 6.07) is 5.21. The van der Waals surface area contributed by atoms with E-state index in [9.17, 15) is 14.4 Å². The highest BCUT2D eigenvalue weighted by Crippen LogP contribution is 2.45. The van der Waals surface area contributed by atoms with E-state index in [4.69, 9.17) is 9.47 Å². The Balaban J connectivity index is 2.14. The molecule has 0 saturated heterocycles. The predicted molar refractivity (Wildman–Crippen MR) is 96.3 cm³/mol. The number of ether oxygens (including phenoxy) is 2. The van der Waals surface area contributed by atoms with Crippen molar-refractivity contribution in [2.75, 3.05) is 12.0 Å². The maximum atomic E-state index is 12.9. The zero-order valence-electron chi connectivity index (χ0n) is 15.2. The van der Waals surface area contributed by atoms with Crippen molar-refractivity contribution in [2.24, 2.45) is 0 Å². The normalized spacial score (nSPS) is 18.1. The Bertz CT molecular complexity index is 828. The monoisotopic (exact) mass is 355 g/mol. The first-order valence-corrected chi connectivity index (χ1v) is 8.32. The largest absolute Gasteiger partial charge is 0.497 e. The number of ketones is 1. The molecule has 0 radical (unpaired) electrons. The Morgan fingerprint density at radius 1 is 1.15 bits per heavy atom. The van der Waals surface area contributed by atoms with Gasteiger partial charge in [-0.2, -0.15) is 0 Å². The van der Waals surface area contributed by atoms with Crippen molar-refractivity contribution < 1.29 is 23.9 Å². The number of hydrogen-bond donors (Lipinski definition) is 0. The zero-order valence-corrected chi connectivity index (χ0v) is 15.2. The molecule has 6 nitrogen and oxygen atoms in total. The molecule has 0 saturated carbocycles. The number of rotatable bonds is 1. The van der Waals surface area contributed by atoms with Crippen molar-refractivity contribution in [1.82, 2.24) is 0 Å². The van der Waals surface area contributed by atoms with Gasteiger partial charge in [0.15, 0.2) is 5.78 Å². The third kappa shape index (κ3) is 3.14.